The first kappa shape index (κ1) is 10.8. The Kier molecular flexibility index (Phi) is 2.61. The summed E-state index contributed by atoms with van der Waals surface area (Å²) in [5, 5.41) is 11.6. The Morgan fingerprint density at radius 3 is 3.12 bits per heavy atom. The van der Waals surface area contributed by atoms with Crippen LogP contribution >= 0.6 is 23.1 Å². The molecule has 6 nitrogen and oxygen atoms in total. The molecule has 3 aromatic heterocycles. The topological polar surface area (TPSA) is 74.0 Å². The van der Waals surface area contributed by atoms with Crippen LogP contribution in [-0.4, -0.2) is 24.1 Å². The van der Waals surface area contributed by atoms with Crippen molar-refractivity contribution in [1.82, 2.24) is 24.1 Å². The van der Waals surface area contributed by atoms with Crippen LogP contribution in [0.1, 0.15) is 5.69 Å². The van der Waals surface area contributed by atoms with Crippen molar-refractivity contribution in [3.05, 3.63) is 23.6 Å². The van der Waals surface area contributed by atoms with E-state index in [1.807, 2.05) is 27.6 Å². The number of imidazole rings is 1. The summed E-state index contributed by atoms with van der Waals surface area (Å²) in [6.45, 7) is 0.456. The van der Waals surface area contributed by atoms with Gasteiger partial charge < -0.3 is 10.3 Å². The van der Waals surface area contributed by atoms with Crippen LogP contribution < -0.4 is 5.73 Å². The van der Waals surface area contributed by atoms with Crippen LogP contribution in [0.15, 0.2) is 28.1 Å². The maximum atomic E-state index is 5.77. The van der Waals surface area contributed by atoms with Crippen LogP contribution in [0.3, 0.4) is 0 Å². The van der Waals surface area contributed by atoms with Crippen LogP contribution in [0.4, 0.5) is 0 Å². The van der Waals surface area contributed by atoms with Gasteiger partial charge in [-0.1, -0.05) is 0 Å². The standard InChI is InChI=1S/C9H10N6S2/c1-14-5-11-13-9(14)17-7-6(4-10)15-2-3-16-8(15)12-7/h2-3,5H,4,10H2,1H3. The zero-order valence-electron chi connectivity index (χ0n) is 9.07. The quantitative estimate of drug-likeness (QED) is 0.769. The highest BCUT2D eigenvalue weighted by atomic mass is 32.2. The molecule has 3 heterocycles. The SMILES string of the molecule is Cn1cnnc1Sc1nc2sccn2c1CN. The van der Waals surface area contributed by atoms with Gasteiger partial charge in [0.15, 0.2) is 10.1 Å². The van der Waals surface area contributed by atoms with Gasteiger partial charge in [-0.3, -0.25) is 4.40 Å². The zero-order chi connectivity index (χ0) is 11.8. The molecule has 0 aliphatic rings. The second-order valence-corrected chi connectivity index (χ2v) is 5.28. The summed E-state index contributed by atoms with van der Waals surface area (Å²) in [6.07, 6.45) is 3.65. The molecule has 2 N–H and O–H groups in total. The molecule has 0 aliphatic heterocycles. The van der Waals surface area contributed by atoms with Gasteiger partial charge in [0, 0.05) is 25.2 Å². The van der Waals surface area contributed by atoms with Gasteiger partial charge in [-0.15, -0.1) is 21.5 Å². The molecule has 3 aromatic rings. The minimum Gasteiger partial charge on any atom is -0.325 e. The molecule has 0 saturated carbocycles. The van der Waals surface area contributed by atoms with Crippen LogP contribution in [0.2, 0.25) is 0 Å². The van der Waals surface area contributed by atoms with Crippen LogP contribution in [-0.2, 0) is 13.6 Å². The van der Waals surface area contributed by atoms with Crippen molar-refractivity contribution < 1.29 is 0 Å². The summed E-state index contributed by atoms with van der Waals surface area (Å²) >= 11 is 3.08. The monoisotopic (exact) mass is 266 g/mol. The van der Waals surface area contributed by atoms with Gasteiger partial charge >= 0.3 is 0 Å². The Bertz CT molecular complexity index is 651. The number of thiazole rings is 1. The lowest BCUT2D eigenvalue weighted by molar-refractivity contribution is 0.786. The van der Waals surface area contributed by atoms with Crippen molar-refractivity contribution in [2.45, 2.75) is 16.7 Å². The van der Waals surface area contributed by atoms with E-state index in [-0.39, 0.29) is 0 Å². The summed E-state index contributed by atoms with van der Waals surface area (Å²) in [6, 6.07) is 0. The fourth-order valence-electron chi connectivity index (χ4n) is 1.53. The number of nitrogens with zero attached hydrogens (tertiary/aromatic N) is 5. The van der Waals surface area contributed by atoms with E-state index in [4.69, 9.17) is 5.73 Å². The Labute approximate surface area is 105 Å². The number of hydrogen-bond acceptors (Lipinski definition) is 6. The molecule has 0 spiro atoms. The highest BCUT2D eigenvalue weighted by molar-refractivity contribution is 7.99. The summed E-state index contributed by atoms with van der Waals surface area (Å²) in [5.74, 6) is 0. The normalized spacial score (nSPS) is 11.4. The molecule has 0 amide bonds. The number of nitrogens with two attached hydrogens (primary N) is 1. The van der Waals surface area contributed by atoms with E-state index in [0.29, 0.717) is 6.54 Å². The van der Waals surface area contributed by atoms with Gasteiger partial charge in [0.05, 0.1) is 5.69 Å². The third-order valence-corrected chi connectivity index (χ3v) is 4.20. The number of rotatable bonds is 3. The van der Waals surface area contributed by atoms with Crippen molar-refractivity contribution >= 4 is 28.1 Å². The van der Waals surface area contributed by atoms with E-state index in [1.54, 1.807) is 17.7 Å². The molecule has 3 rings (SSSR count). The summed E-state index contributed by atoms with van der Waals surface area (Å²) in [4.78, 5) is 5.50. The number of fused-ring (bicyclic) bond motifs is 1. The van der Waals surface area contributed by atoms with Crippen molar-refractivity contribution in [2.75, 3.05) is 0 Å². The molecule has 0 saturated heterocycles. The molecular weight excluding hydrogens is 256 g/mol. The van der Waals surface area contributed by atoms with Gasteiger partial charge in [0.25, 0.3) is 0 Å². The minimum absolute atomic E-state index is 0.456. The smallest absolute Gasteiger partial charge is 0.197 e. The summed E-state index contributed by atoms with van der Waals surface area (Å²) < 4.78 is 3.88. The maximum absolute atomic E-state index is 5.77. The van der Waals surface area contributed by atoms with Crippen molar-refractivity contribution in [1.29, 1.82) is 0 Å². The average Bonchev–Trinajstić information content (AvgIpc) is 2.96. The van der Waals surface area contributed by atoms with Gasteiger partial charge in [0.1, 0.15) is 11.4 Å². The first-order chi connectivity index (χ1) is 8.29. The molecule has 0 unspecified atom stereocenters. The predicted octanol–water partition coefficient (Wildman–Crippen LogP) is 1.13. The second kappa shape index (κ2) is 4.13. The highest BCUT2D eigenvalue weighted by Crippen LogP contribution is 2.29. The fourth-order valence-corrected chi connectivity index (χ4v) is 3.21. The van der Waals surface area contributed by atoms with E-state index in [0.717, 1.165) is 20.8 Å². The van der Waals surface area contributed by atoms with E-state index >= 15 is 0 Å². The Morgan fingerprint density at radius 1 is 1.53 bits per heavy atom. The van der Waals surface area contributed by atoms with Crippen LogP contribution in [0.5, 0.6) is 0 Å². The van der Waals surface area contributed by atoms with E-state index < -0.39 is 0 Å². The van der Waals surface area contributed by atoms with Crippen LogP contribution in [0.25, 0.3) is 4.96 Å². The molecule has 0 atom stereocenters. The van der Waals surface area contributed by atoms with Crippen LogP contribution in [0, 0.1) is 0 Å². The molecule has 0 aliphatic carbocycles. The lowest BCUT2D eigenvalue weighted by Crippen LogP contribution is -2.01. The predicted molar refractivity (Wildman–Crippen MR) is 66.1 cm³/mol. The lowest BCUT2D eigenvalue weighted by atomic mass is 10.5. The van der Waals surface area contributed by atoms with Gasteiger partial charge in [-0.25, -0.2) is 4.98 Å². The average molecular weight is 266 g/mol. The largest absolute Gasteiger partial charge is 0.325 e. The molecule has 0 radical (unpaired) electrons. The van der Waals surface area contributed by atoms with E-state index in [1.165, 1.54) is 11.8 Å². The maximum Gasteiger partial charge on any atom is 0.197 e. The second-order valence-electron chi connectivity index (χ2n) is 3.45. The third kappa shape index (κ3) is 1.74. The molecule has 0 aromatic carbocycles. The summed E-state index contributed by atoms with van der Waals surface area (Å²) in [7, 11) is 1.91. The lowest BCUT2D eigenvalue weighted by Gasteiger charge is -2.00. The van der Waals surface area contributed by atoms with E-state index in [2.05, 4.69) is 15.2 Å². The third-order valence-electron chi connectivity index (χ3n) is 2.38. The number of aromatic nitrogens is 5. The first-order valence-corrected chi connectivity index (χ1v) is 6.65. The van der Waals surface area contributed by atoms with Crippen molar-refractivity contribution in [3.63, 3.8) is 0 Å². The number of aryl methyl sites for hydroxylation is 1. The van der Waals surface area contributed by atoms with Gasteiger partial charge in [0.2, 0.25) is 0 Å². The molecular formula is C9H10N6S2. The Hall–Kier alpha value is -1.38. The molecule has 8 heteroatoms. The summed E-state index contributed by atoms with van der Waals surface area (Å²) in [5.41, 5.74) is 6.78. The zero-order valence-corrected chi connectivity index (χ0v) is 10.7. The van der Waals surface area contributed by atoms with Gasteiger partial charge in [-0.2, -0.15) is 0 Å². The molecule has 0 bridgehead atoms. The molecule has 0 fully saturated rings. The first-order valence-electron chi connectivity index (χ1n) is 4.96. The molecule has 88 valence electrons. The molecule has 17 heavy (non-hydrogen) atoms. The number of hydrogen-bond donors (Lipinski definition) is 1. The van der Waals surface area contributed by atoms with E-state index in [9.17, 15) is 0 Å². The van der Waals surface area contributed by atoms with Gasteiger partial charge in [-0.05, 0) is 11.8 Å². The van der Waals surface area contributed by atoms with Crippen molar-refractivity contribution in [3.8, 4) is 0 Å². The fraction of sp³-hybridized carbons (Fsp3) is 0.222. The highest BCUT2D eigenvalue weighted by Gasteiger charge is 2.15. The Morgan fingerprint density at radius 2 is 2.41 bits per heavy atom. The van der Waals surface area contributed by atoms with Crippen molar-refractivity contribution in [2.24, 2.45) is 12.8 Å². The Balaban J connectivity index is 2.05. The minimum atomic E-state index is 0.456.